The molecule has 23 heavy (non-hydrogen) atoms. The Kier molecular flexibility index (Phi) is 5.08. The summed E-state index contributed by atoms with van der Waals surface area (Å²) in [5, 5.41) is 8.93. The molecule has 1 fully saturated rings. The zero-order chi connectivity index (χ0) is 17.0. The highest BCUT2D eigenvalue weighted by Crippen LogP contribution is 2.19. The van der Waals surface area contributed by atoms with Crippen LogP contribution < -0.4 is 4.74 Å². The van der Waals surface area contributed by atoms with Crippen LogP contribution in [0.4, 0.5) is 4.79 Å². The van der Waals surface area contributed by atoms with Crippen LogP contribution in [0.1, 0.15) is 44.1 Å². The number of rotatable bonds is 3. The van der Waals surface area contributed by atoms with E-state index in [1.165, 1.54) is 6.07 Å². The number of carbonyl (C=O) groups excluding carboxylic acids is 1. The van der Waals surface area contributed by atoms with Crippen LogP contribution in [0.15, 0.2) is 18.2 Å². The molecule has 1 aliphatic heterocycles. The first-order chi connectivity index (χ1) is 10.7. The number of amides is 1. The van der Waals surface area contributed by atoms with Gasteiger partial charge in [0.2, 0.25) is 5.88 Å². The maximum Gasteiger partial charge on any atom is 0.410 e. The molecule has 1 N–H and O–H groups in total. The van der Waals surface area contributed by atoms with Crippen molar-refractivity contribution in [2.75, 3.05) is 13.1 Å². The van der Waals surface area contributed by atoms with Gasteiger partial charge in [-0.3, -0.25) is 0 Å². The standard InChI is InChI=1S/C16H22N2O5/c1-16(2,3)23-15(21)18-9-7-11(8-10-18)22-13-6-4-5-12(17-13)14(19)20/h4-6,11H,7-10H2,1-3H3,(H,19,20). The molecule has 0 radical (unpaired) electrons. The van der Waals surface area contributed by atoms with Crippen LogP contribution >= 0.6 is 0 Å². The number of aromatic carboxylic acids is 1. The maximum atomic E-state index is 12.0. The Balaban J connectivity index is 1.86. The van der Waals surface area contributed by atoms with E-state index in [1.54, 1.807) is 17.0 Å². The first-order valence-corrected chi connectivity index (χ1v) is 7.59. The second-order valence-corrected chi connectivity index (χ2v) is 6.45. The van der Waals surface area contributed by atoms with Crippen LogP contribution in [0.3, 0.4) is 0 Å². The third kappa shape index (κ3) is 5.12. The van der Waals surface area contributed by atoms with E-state index in [4.69, 9.17) is 14.6 Å². The summed E-state index contributed by atoms with van der Waals surface area (Å²) in [5.41, 5.74) is -0.556. The quantitative estimate of drug-likeness (QED) is 0.920. The predicted octanol–water partition coefficient (Wildman–Crippen LogP) is 2.56. The van der Waals surface area contributed by atoms with Gasteiger partial charge in [0.05, 0.1) is 0 Å². The Morgan fingerprint density at radius 3 is 2.48 bits per heavy atom. The number of aromatic nitrogens is 1. The first kappa shape index (κ1) is 17.1. The first-order valence-electron chi connectivity index (χ1n) is 7.59. The number of nitrogens with zero attached hydrogens (tertiary/aromatic N) is 2. The van der Waals surface area contributed by atoms with E-state index in [-0.39, 0.29) is 17.9 Å². The molecule has 0 unspecified atom stereocenters. The molecule has 0 atom stereocenters. The minimum atomic E-state index is -1.09. The van der Waals surface area contributed by atoms with Gasteiger partial charge in [-0.1, -0.05) is 6.07 Å². The lowest BCUT2D eigenvalue weighted by atomic mass is 10.1. The van der Waals surface area contributed by atoms with E-state index in [9.17, 15) is 9.59 Å². The molecule has 0 bridgehead atoms. The smallest absolute Gasteiger partial charge is 0.410 e. The normalized spacial score (nSPS) is 16.0. The van der Waals surface area contributed by atoms with E-state index in [2.05, 4.69) is 4.98 Å². The molecule has 0 aromatic carbocycles. The van der Waals surface area contributed by atoms with Crippen LogP contribution in [0.5, 0.6) is 5.88 Å². The number of hydrogen-bond acceptors (Lipinski definition) is 5. The molecule has 2 rings (SSSR count). The lowest BCUT2D eigenvalue weighted by Crippen LogP contribution is -2.44. The van der Waals surface area contributed by atoms with Crippen LogP contribution in [0.25, 0.3) is 0 Å². The summed E-state index contributed by atoms with van der Waals surface area (Å²) in [7, 11) is 0. The Hall–Kier alpha value is -2.31. The van der Waals surface area contributed by atoms with Gasteiger partial charge in [-0.25, -0.2) is 14.6 Å². The number of carbonyl (C=O) groups is 2. The summed E-state index contributed by atoms with van der Waals surface area (Å²) < 4.78 is 11.1. The molecule has 126 valence electrons. The topological polar surface area (TPSA) is 89.0 Å². The van der Waals surface area contributed by atoms with Crippen molar-refractivity contribution in [3.63, 3.8) is 0 Å². The maximum absolute atomic E-state index is 12.0. The van der Waals surface area contributed by atoms with Crippen molar-refractivity contribution >= 4 is 12.1 Å². The summed E-state index contributed by atoms with van der Waals surface area (Å²) >= 11 is 0. The van der Waals surface area contributed by atoms with Gasteiger partial charge in [0, 0.05) is 32.0 Å². The predicted molar refractivity (Wildman–Crippen MR) is 82.7 cm³/mol. The average molecular weight is 322 g/mol. The number of ether oxygens (including phenoxy) is 2. The van der Waals surface area contributed by atoms with E-state index in [0.717, 1.165) is 0 Å². The van der Waals surface area contributed by atoms with Crippen LogP contribution in [-0.4, -0.2) is 51.8 Å². The molecule has 1 aromatic heterocycles. The fourth-order valence-corrected chi connectivity index (χ4v) is 2.25. The minimum absolute atomic E-state index is 0.0475. The van der Waals surface area contributed by atoms with Crippen molar-refractivity contribution in [2.45, 2.75) is 45.3 Å². The number of hydrogen-bond donors (Lipinski definition) is 1. The van der Waals surface area contributed by atoms with Gasteiger partial charge >= 0.3 is 12.1 Å². The Morgan fingerprint density at radius 2 is 1.91 bits per heavy atom. The van der Waals surface area contributed by atoms with Crippen molar-refractivity contribution in [3.8, 4) is 5.88 Å². The number of carboxylic acid groups (broad SMARTS) is 1. The molecule has 0 spiro atoms. The highest BCUT2D eigenvalue weighted by Gasteiger charge is 2.27. The SMILES string of the molecule is CC(C)(C)OC(=O)N1CCC(Oc2cccc(C(=O)O)n2)CC1. The number of carboxylic acids is 1. The largest absolute Gasteiger partial charge is 0.477 e. The molecule has 0 aliphatic carbocycles. The van der Waals surface area contributed by atoms with E-state index in [1.807, 2.05) is 20.8 Å². The molecule has 1 aromatic rings. The number of likely N-dealkylation sites (tertiary alicyclic amines) is 1. The summed E-state index contributed by atoms with van der Waals surface area (Å²) in [4.78, 5) is 28.5. The third-order valence-corrected chi connectivity index (χ3v) is 3.32. The average Bonchev–Trinajstić information content (AvgIpc) is 2.46. The zero-order valence-electron chi connectivity index (χ0n) is 13.6. The fraction of sp³-hybridized carbons (Fsp3) is 0.562. The molecular formula is C16H22N2O5. The van der Waals surface area contributed by atoms with Gasteiger partial charge < -0.3 is 19.5 Å². The highest BCUT2D eigenvalue weighted by atomic mass is 16.6. The summed E-state index contributed by atoms with van der Waals surface area (Å²) in [6.07, 6.45) is 0.892. The highest BCUT2D eigenvalue weighted by molar-refractivity contribution is 5.85. The molecule has 1 saturated heterocycles. The Morgan fingerprint density at radius 1 is 1.26 bits per heavy atom. The van der Waals surface area contributed by atoms with Crippen molar-refractivity contribution in [1.29, 1.82) is 0 Å². The van der Waals surface area contributed by atoms with Gasteiger partial charge in [0.25, 0.3) is 0 Å². The zero-order valence-corrected chi connectivity index (χ0v) is 13.6. The summed E-state index contributed by atoms with van der Waals surface area (Å²) in [6, 6.07) is 4.65. The van der Waals surface area contributed by atoms with Gasteiger partial charge in [-0.05, 0) is 26.8 Å². The lowest BCUT2D eigenvalue weighted by molar-refractivity contribution is 0.0122. The van der Waals surface area contributed by atoms with Crippen molar-refractivity contribution in [3.05, 3.63) is 23.9 Å². The number of pyridine rings is 1. The van der Waals surface area contributed by atoms with Crippen molar-refractivity contribution in [1.82, 2.24) is 9.88 Å². The lowest BCUT2D eigenvalue weighted by Gasteiger charge is -2.33. The van der Waals surface area contributed by atoms with Crippen molar-refractivity contribution < 1.29 is 24.2 Å². The molecule has 1 aliphatic rings. The van der Waals surface area contributed by atoms with Crippen LogP contribution in [-0.2, 0) is 4.74 Å². The van der Waals surface area contributed by atoms with E-state index in [0.29, 0.717) is 31.8 Å². The molecule has 1 amide bonds. The molecule has 0 saturated carbocycles. The van der Waals surface area contributed by atoms with Crippen molar-refractivity contribution in [2.24, 2.45) is 0 Å². The second kappa shape index (κ2) is 6.85. The minimum Gasteiger partial charge on any atom is -0.477 e. The molecule has 7 nitrogen and oxygen atoms in total. The van der Waals surface area contributed by atoms with Gasteiger partial charge in [-0.2, -0.15) is 0 Å². The van der Waals surface area contributed by atoms with Crippen LogP contribution in [0, 0.1) is 0 Å². The summed E-state index contributed by atoms with van der Waals surface area (Å²) in [6.45, 7) is 6.59. The number of piperidine rings is 1. The molecular weight excluding hydrogens is 300 g/mol. The third-order valence-electron chi connectivity index (χ3n) is 3.32. The molecule has 7 heteroatoms. The monoisotopic (exact) mass is 322 g/mol. The second-order valence-electron chi connectivity index (χ2n) is 6.45. The summed E-state index contributed by atoms with van der Waals surface area (Å²) in [5.74, 6) is -0.796. The van der Waals surface area contributed by atoms with Gasteiger partial charge in [0.1, 0.15) is 11.7 Å². The Bertz CT molecular complexity index is 574. The van der Waals surface area contributed by atoms with Gasteiger partial charge in [0.15, 0.2) is 5.69 Å². The van der Waals surface area contributed by atoms with Gasteiger partial charge in [-0.15, -0.1) is 0 Å². The van der Waals surface area contributed by atoms with Crippen LogP contribution in [0.2, 0.25) is 0 Å². The Labute approximate surface area is 135 Å². The molecule has 2 heterocycles. The van der Waals surface area contributed by atoms with E-state index < -0.39 is 11.6 Å². The fourth-order valence-electron chi connectivity index (χ4n) is 2.25. The van der Waals surface area contributed by atoms with E-state index >= 15 is 0 Å².